The summed E-state index contributed by atoms with van der Waals surface area (Å²) in [6.45, 7) is 2.87. The van der Waals surface area contributed by atoms with Gasteiger partial charge < -0.3 is 15.5 Å². The molecule has 1 amide bonds. The molecule has 0 saturated carbocycles. The number of halogens is 2. The van der Waals surface area contributed by atoms with Gasteiger partial charge in [0.2, 0.25) is 5.91 Å². The Morgan fingerprint density at radius 3 is 2.33 bits per heavy atom. The fourth-order valence-electron chi connectivity index (χ4n) is 2.86. The van der Waals surface area contributed by atoms with E-state index < -0.39 is 0 Å². The Kier molecular flexibility index (Phi) is 6.04. The lowest BCUT2D eigenvalue weighted by Gasteiger charge is -2.36. The molecule has 0 spiro atoms. The van der Waals surface area contributed by atoms with E-state index >= 15 is 0 Å². The molecular formula is C18H21ClFN3O. The Morgan fingerprint density at radius 1 is 1.04 bits per heavy atom. The zero-order valence-electron chi connectivity index (χ0n) is 13.3. The minimum absolute atomic E-state index is 0. The quantitative estimate of drug-likeness (QED) is 0.867. The lowest BCUT2D eigenvalue weighted by molar-refractivity contribution is -0.130. The van der Waals surface area contributed by atoms with E-state index in [1.807, 2.05) is 29.2 Å². The Hall–Kier alpha value is -2.27. The Labute approximate surface area is 147 Å². The van der Waals surface area contributed by atoms with Gasteiger partial charge in [-0.25, -0.2) is 4.39 Å². The average molecular weight is 350 g/mol. The molecule has 1 aliphatic heterocycles. The Morgan fingerprint density at radius 2 is 1.71 bits per heavy atom. The molecule has 2 aromatic carbocycles. The smallest absolute Gasteiger partial charge is 0.227 e. The van der Waals surface area contributed by atoms with Crippen LogP contribution in [0.15, 0.2) is 48.5 Å². The van der Waals surface area contributed by atoms with E-state index in [0.717, 1.165) is 24.3 Å². The lowest BCUT2D eigenvalue weighted by atomic mass is 10.1. The van der Waals surface area contributed by atoms with Crippen LogP contribution in [-0.2, 0) is 11.2 Å². The van der Waals surface area contributed by atoms with Crippen LogP contribution in [0.5, 0.6) is 0 Å². The first-order valence-corrected chi connectivity index (χ1v) is 7.74. The summed E-state index contributed by atoms with van der Waals surface area (Å²) in [5.41, 5.74) is 8.36. The number of nitrogen functional groups attached to an aromatic ring is 1. The number of nitrogens with two attached hydrogens (primary N) is 1. The van der Waals surface area contributed by atoms with Gasteiger partial charge in [-0.05, 0) is 42.0 Å². The number of benzene rings is 2. The SMILES string of the molecule is Cl.Nc1cccc(CC(=O)N2CCN(c3ccc(F)cc3)CC2)c1. The molecule has 6 heteroatoms. The molecule has 0 aromatic heterocycles. The third-order valence-electron chi connectivity index (χ3n) is 4.13. The van der Waals surface area contributed by atoms with Crippen LogP contribution in [0.4, 0.5) is 15.8 Å². The van der Waals surface area contributed by atoms with Gasteiger partial charge in [0.1, 0.15) is 5.82 Å². The first-order valence-electron chi connectivity index (χ1n) is 7.74. The molecule has 3 rings (SSSR count). The molecule has 1 fully saturated rings. The van der Waals surface area contributed by atoms with Crippen molar-refractivity contribution in [2.45, 2.75) is 6.42 Å². The van der Waals surface area contributed by atoms with Crippen molar-refractivity contribution >= 4 is 29.7 Å². The highest BCUT2D eigenvalue weighted by Gasteiger charge is 2.21. The van der Waals surface area contributed by atoms with Gasteiger partial charge in [-0.15, -0.1) is 12.4 Å². The van der Waals surface area contributed by atoms with Gasteiger partial charge in [0.25, 0.3) is 0 Å². The summed E-state index contributed by atoms with van der Waals surface area (Å²) in [7, 11) is 0. The fraction of sp³-hybridized carbons (Fsp3) is 0.278. The number of hydrogen-bond acceptors (Lipinski definition) is 3. The van der Waals surface area contributed by atoms with Crippen molar-refractivity contribution in [3.8, 4) is 0 Å². The largest absolute Gasteiger partial charge is 0.399 e. The van der Waals surface area contributed by atoms with Gasteiger partial charge >= 0.3 is 0 Å². The fourth-order valence-corrected chi connectivity index (χ4v) is 2.86. The third kappa shape index (κ3) is 4.38. The van der Waals surface area contributed by atoms with Crippen molar-refractivity contribution in [3.05, 3.63) is 59.9 Å². The average Bonchev–Trinajstić information content (AvgIpc) is 2.56. The van der Waals surface area contributed by atoms with Crippen molar-refractivity contribution in [2.24, 2.45) is 0 Å². The predicted octanol–water partition coefficient (Wildman–Crippen LogP) is 2.72. The lowest BCUT2D eigenvalue weighted by Crippen LogP contribution is -2.49. The number of nitrogens with zero attached hydrogens (tertiary/aromatic N) is 2. The van der Waals surface area contributed by atoms with E-state index in [2.05, 4.69) is 4.90 Å². The van der Waals surface area contributed by atoms with Crippen molar-refractivity contribution in [1.29, 1.82) is 0 Å². The monoisotopic (exact) mass is 349 g/mol. The van der Waals surface area contributed by atoms with E-state index in [-0.39, 0.29) is 24.1 Å². The van der Waals surface area contributed by atoms with Crippen LogP contribution in [-0.4, -0.2) is 37.0 Å². The number of carbonyl (C=O) groups is 1. The highest BCUT2D eigenvalue weighted by molar-refractivity contribution is 5.85. The summed E-state index contributed by atoms with van der Waals surface area (Å²) in [5.74, 6) is -0.112. The topological polar surface area (TPSA) is 49.6 Å². The van der Waals surface area contributed by atoms with Crippen molar-refractivity contribution < 1.29 is 9.18 Å². The zero-order valence-corrected chi connectivity index (χ0v) is 14.1. The molecule has 4 nitrogen and oxygen atoms in total. The van der Waals surface area contributed by atoms with Gasteiger partial charge in [0, 0.05) is 37.6 Å². The van der Waals surface area contributed by atoms with Gasteiger partial charge in [-0.1, -0.05) is 12.1 Å². The van der Waals surface area contributed by atoms with Crippen LogP contribution < -0.4 is 10.6 Å². The van der Waals surface area contributed by atoms with E-state index in [0.29, 0.717) is 25.2 Å². The predicted molar refractivity (Wildman–Crippen MR) is 97.0 cm³/mol. The summed E-state index contributed by atoms with van der Waals surface area (Å²) in [5, 5.41) is 0. The number of carbonyl (C=O) groups excluding carboxylic acids is 1. The zero-order chi connectivity index (χ0) is 16.2. The molecule has 1 heterocycles. The third-order valence-corrected chi connectivity index (χ3v) is 4.13. The highest BCUT2D eigenvalue weighted by atomic mass is 35.5. The number of amides is 1. The molecule has 2 aromatic rings. The number of hydrogen-bond donors (Lipinski definition) is 1. The Balaban J connectivity index is 0.00000208. The molecular weight excluding hydrogens is 329 g/mol. The molecule has 1 aliphatic rings. The molecule has 1 saturated heterocycles. The minimum Gasteiger partial charge on any atom is -0.399 e. The highest BCUT2D eigenvalue weighted by Crippen LogP contribution is 2.17. The van der Waals surface area contributed by atoms with Crippen LogP contribution in [0.3, 0.4) is 0 Å². The minimum atomic E-state index is -0.232. The van der Waals surface area contributed by atoms with Gasteiger partial charge in [-0.3, -0.25) is 4.79 Å². The normalized spacial score (nSPS) is 14.2. The van der Waals surface area contributed by atoms with Crippen LogP contribution in [0, 0.1) is 5.82 Å². The molecule has 0 unspecified atom stereocenters. The first kappa shape index (κ1) is 18.1. The maximum Gasteiger partial charge on any atom is 0.227 e. The van der Waals surface area contributed by atoms with Gasteiger partial charge in [0.05, 0.1) is 6.42 Å². The number of anilines is 2. The molecule has 2 N–H and O–H groups in total. The van der Waals surface area contributed by atoms with Gasteiger partial charge in [-0.2, -0.15) is 0 Å². The molecule has 0 atom stereocenters. The second kappa shape index (κ2) is 8.02. The van der Waals surface area contributed by atoms with Gasteiger partial charge in [0.15, 0.2) is 0 Å². The molecule has 0 radical (unpaired) electrons. The summed E-state index contributed by atoms with van der Waals surface area (Å²) in [4.78, 5) is 16.4. The summed E-state index contributed by atoms with van der Waals surface area (Å²) >= 11 is 0. The standard InChI is InChI=1S/C18H20FN3O.ClH/c19-15-4-6-17(7-5-15)21-8-10-22(11-9-21)18(23)13-14-2-1-3-16(20)12-14;/h1-7,12H,8-11,13,20H2;1H. The second-order valence-electron chi connectivity index (χ2n) is 5.77. The van der Waals surface area contributed by atoms with E-state index in [4.69, 9.17) is 5.73 Å². The summed E-state index contributed by atoms with van der Waals surface area (Å²) < 4.78 is 13.0. The van der Waals surface area contributed by atoms with Crippen LogP contribution in [0.2, 0.25) is 0 Å². The summed E-state index contributed by atoms with van der Waals surface area (Å²) in [6.07, 6.45) is 0.377. The number of rotatable bonds is 3. The number of piperazine rings is 1. The first-order chi connectivity index (χ1) is 11.1. The van der Waals surface area contributed by atoms with Crippen molar-refractivity contribution in [3.63, 3.8) is 0 Å². The van der Waals surface area contributed by atoms with Crippen LogP contribution >= 0.6 is 12.4 Å². The van der Waals surface area contributed by atoms with Crippen LogP contribution in [0.1, 0.15) is 5.56 Å². The van der Waals surface area contributed by atoms with Crippen LogP contribution in [0.25, 0.3) is 0 Å². The van der Waals surface area contributed by atoms with E-state index in [1.54, 1.807) is 12.1 Å². The Bertz CT molecular complexity index is 685. The maximum atomic E-state index is 13.0. The van der Waals surface area contributed by atoms with E-state index in [9.17, 15) is 9.18 Å². The van der Waals surface area contributed by atoms with Crippen molar-refractivity contribution in [2.75, 3.05) is 36.8 Å². The molecule has 128 valence electrons. The maximum absolute atomic E-state index is 13.0. The molecule has 0 bridgehead atoms. The summed E-state index contributed by atoms with van der Waals surface area (Å²) in [6, 6.07) is 13.9. The molecule has 24 heavy (non-hydrogen) atoms. The molecule has 0 aliphatic carbocycles. The van der Waals surface area contributed by atoms with Crippen molar-refractivity contribution in [1.82, 2.24) is 4.90 Å². The second-order valence-corrected chi connectivity index (χ2v) is 5.77. The van der Waals surface area contributed by atoms with E-state index in [1.165, 1.54) is 12.1 Å².